The molecule has 0 unspecified atom stereocenters. The molecule has 4 nitrogen and oxygen atoms in total. The molecule has 0 fully saturated rings. The average Bonchev–Trinajstić information content (AvgIpc) is 3.18. The van der Waals surface area contributed by atoms with Crippen LogP contribution in [0.2, 0.25) is 0 Å². The van der Waals surface area contributed by atoms with Crippen LogP contribution in [-0.4, -0.2) is 23.5 Å². The fourth-order valence-corrected chi connectivity index (χ4v) is 4.36. The highest BCUT2D eigenvalue weighted by atomic mass is 19.3. The number of unbranched alkanes of at least 4 members (excludes halogenated alkanes) is 5. The number of allylic oxidation sites excluding steroid dienone is 2. The lowest BCUT2D eigenvalue weighted by Crippen LogP contribution is -2.29. The monoisotopic (exact) mass is 476 g/mol. The molecule has 0 saturated carbocycles. The first-order valence-electron chi connectivity index (χ1n) is 12.7. The number of carbonyl (C=O) groups excluding carboxylic acids is 3. The van der Waals surface area contributed by atoms with Crippen LogP contribution < -0.4 is 0 Å². The highest BCUT2D eigenvalue weighted by Crippen LogP contribution is 2.33. The Morgan fingerprint density at radius 3 is 2.41 bits per heavy atom. The highest BCUT2D eigenvalue weighted by Gasteiger charge is 2.38. The van der Waals surface area contributed by atoms with E-state index in [4.69, 9.17) is 4.74 Å². The molecule has 0 saturated heterocycles. The number of hydrogen-bond donors (Lipinski definition) is 0. The fourth-order valence-electron chi connectivity index (χ4n) is 4.36. The summed E-state index contributed by atoms with van der Waals surface area (Å²) in [6, 6.07) is 9.54. The van der Waals surface area contributed by atoms with Gasteiger partial charge in [-0.2, -0.15) is 8.78 Å². The van der Waals surface area contributed by atoms with E-state index in [0.29, 0.717) is 32.1 Å². The van der Waals surface area contributed by atoms with Crippen LogP contribution in [0.4, 0.5) is 8.78 Å². The standard InChI is InChI=1S/C28H38F2O4/c1-2-3-11-20-28(29,30)26(32)19-17-23-16-18-25(31)24(23)14-9-4-5-10-15-27(33)34-21-22-12-7-6-8-13-22/h6-8,12-13,16,18,23-24H,2-5,9-11,14-15,17,19-21H2,1H3/t23-,24-/m1/s1. The average molecular weight is 477 g/mol. The summed E-state index contributed by atoms with van der Waals surface area (Å²) in [4.78, 5) is 36.1. The molecule has 2 atom stereocenters. The molecule has 1 aromatic rings. The summed E-state index contributed by atoms with van der Waals surface area (Å²) in [5.41, 5.74) is 0.960. The summed E-state index contributed by atoms with van der Waals surface area (Å²) in [5.74, 6) is -4.83. The van der Waals surface area contributed by atoms with Crippen LogP contribution in [-0.2, 0) is 25.7 Å². The number of hydrogen-bond acceptors (Lipinski definition) is 4. The summed E-state index contributed by atoms with van der Waals surface area (Å²) >= 11 is 0. The maximum absolute atomic E-state index is 14.0. The van der Waals surface area contributed by atoms with E-state index in [2.05, 4.69) is 0 Å². The molecule has 0 amide bonds. The Balaban J connectivity index is 1.60. The van der Waals surface area contributed by atoms with E-state index in [1.54, 1.807) is 6.08 Å². The molecule has 0 aromatic heterocycles. The smallest absolute Gasteiger partial charge is 0.306 e. The number of esters is 1. The van der Waals surface area contributed by atoms with Crippen LogP contribution >= 0.6 is 0 Å². The Bertz CT molecular complexity index is 804. The van der Waals surface area contributed by atoms with Crippen molar-refractivity contribution in [2.45, 2.75) is 96.5 Å². The van der Waals surface area contributed by atoms with Gasteiger partial charge in [0.15, 0.2) is 5.78 Å². The first-order valence-corrected chi connectivity index (χ1v) is 12.7. The van der Waals surface area contributed by atoms with Gasteiger partial charge in [-0.15, -0.1) is 0 Å². The first kappa shape index (κ1) is 27.9. The molecule has 0 aliphatic heterocycles. The van der Waals surface area contributed by atoms with Gasteiger partial charge in [-0.1, -0.05) is 75.4 Å². The summed E-state index contributed by atoms with van der Waals surface area (Å²) in [6.07, 6.45) is 9.25. The molecule has 1 aromatic carbocycles. The minimum absolute atomic E-state index is 0.0247. The summed E-state index contributed by atoms with van der Waals surface area (Å²) in [5, 5.41) is 0. The largest absolute Gasteiger partial charge is 0.461 e. The van der Waals surface area contributed by atoms with Crippen LogP contribution in [0.3, 0.4) is 0 Å². The minimum atomic E-state index is -3.26. The van der Waals surface area contributed by atoms with E-state index in [1.165, 1.54) is 6.08 Å². The minimum Gasteiger partial charge on any atom is -0.461 e. The molecule has 6 heteroatoms. The quantitative estimate of drug-likeness (QED) is 0.179. The third kappa shape index (κ3) is 9.86. The normalized spacial score (nSPS) is 17.8. The van der Waals surface area contributed by atoms with Crippen molar-refractivity contribution in [3.05, 3.63) is 48.0 Å². The highest BCUT2D eigenvalue weighted by molar-refractivity contribution is 5.94. The predicted octanol–water partition coefficient (Wildman–Crippen LogP) is 7.01. The van der Waals surface area contributed by atoms with Crippen LogP contribution in [0.1, 0.15) is 89.5 Å². The molecule has 0 N–H and O–H groups in total. The lowest BCUT2D eigenvalue weighted by molar-refractivity contribution is -0.145. The van der Waals surface area contributed by atoms with Crippen molar-refractivity contribution in [1.29, 1.82) is 0 Å². The van der Waals surface area contributed by atoms with E-state index in [0.717, 1.165) is 37.7 Å². The van der Waals surface area contributed by atoms with Gasteiger partial charge in [0.25, 0.3) is 0 Å². The van der Waals surface area contributed by atoms with E-state index in [1.807, 2.05) is 37.3 Å². The zero-order chi connectivity index (χ0) is 24.8. The summed E-state index contributed by atoms with van der Waals surface area (Å²) < 4.78 is 33.3. The van der Waals surface area contributed by atoms with E-state index in [-0.39, 0.29) is 43.0 Å². The van der Waals surface area contributed by atoms with Crippen molar-refractivity contribution in [2.75, 3.05) is 0 Å². The zero-order valence-electron chi connectivity index (χ0n) is 20.3. The van der Waals surface area contributed by atoms with E-state index < -0.39 is 11.7 Å². The molecule has 0 heterocycles. The third-order valence-corrected chi connectivity index (χ3v) is 6.49. The lowest BCUT2D eigenvalue weighted by atomic mass is 9.85. The maximum Gasteiger partial charge on any atom is 0.306 e. The summed E-state index contributed by atoms with van der Waals surface area (Å²) in [6.45, 7) is 2.22. The van der Waals surface area contributed by atoms with Crippen molar-refractivity contribution in [3.63, 3.8) is 0 Å². The number of carbonyl (C=O) groups is 3. The second-order valence-corrected chi connectivity index (χ2v) is 9.25. The van der Waals surface area contributed by atoms with Gasteiger partial charge in [0.1, 0.15) is 6.61 Å². The number of Topliss-reactive ketones (excluding diaryl/α,β-unsaturated/α-hetero) is 1. The molecular formula is C28H38F2O4. The first-order chi connectivity index (χ1) is 16.3. The second-order valence-electron chi connectivity index (χ2n) is 9.25. The van der Waals surface area contributed by atoms with Gasteiger partial charge in [-0.25, -0.2) is 0 Å². The topological polar surface area (TPSA) is 60.4 Å². The number of benzene rings is 1. The Kier molecular flexibility index (Phi) is 12.1. The molecule has 0 spiro atoms. The van der Waals surface area contributed by atoms with Crippen molar-refractivity contribution in [2.24, 2.45) is 11.8 Å². The lowest BCUT2D eigenvalue weighted by Gasteiger charge is -2.20. The van der Waals surface area contributed by atoms with Crippen LogP contribution in [0.25, 0.3) is 0 Å². The molecular weight excluding hydrogens is 438 g/mol. The van der Waals surface area contributed by atoms with E-state index >= 15 is 0 Å². The van der Waals surface area contributed by atoms with Crippen molar-refractivity contribution in [1.82, 2.24) is 0 Å². The second kappa shape index (κ2) is 14.8. The van der Waals surface area contributed by atoms with Crippen molar-refractivity contribution in [3.8, 4) is 0 Å². The molecule has 1 aliphatic rings. The van der Waals surface area contributed by atoms with Gasteiger partial charge in [-0.05, 0) is 43.2 Å². The zero-order valence-corrected chi connectivity index (χ0v) is 20.3. The van der Waals surface area contributed by atoms with Crippen molar-refractivity contribution < 1.29 is 27.9 Å². The number of halogens is 2. The molecule has 188 valence electrons. The molecule has 1 aliphatic carbocycles. The van der Waals surface area contributed by atoms with Gasteiger partial charge in [0, 0.05) is 25.2 Å². The number of rotatable bonds is 17. The Morgan fingerprint density at radius 1 is 0.941 bits per heavy atom. The Hall–Kier alpha value is -2.37. The van der Waals surface area contributed by atoms with Crippen molar-refractivity contribution >= 4 is 17.5 Å². The van der Waals surface area contributed by atoms with Gasteiger partial charge < -0.3 is 4.74 Å². The van der Waals surface area contributed by atoms with Gasteiger partial charge in [0.05, 0.1) is 0 Å². The molecule has 0 bridgehead atoms. The SMILES string of the molecule is CCCCCC(F)(F)C(=O)CC[C@H]1C=CC(=O)[C@@H]1CCCCCCC(=O)OCc1ccccc1. The Labute approximate surface area is 202 Å². The molecule has 34 heavy (non-hydrogen) atoms. The summed E-state index contributed by atoms with van der Waals surface area (Å²) in [7, 11) is 0. The third-order valence-electron chi connectivity index (χ3n) is 6.49. The van der Waals surface area contributed by atoms with Gasteiger partial charge in [0.2, 0.25) is 5.78 Å². The van der Waals surface area contributed by atoms with Gasteiger partial charge >= 0.3 is 11.9 Å². The van der Waals surface area contributed by atoms with Crippen LogP contribution in [0.5, 0.6) is 0 Å². The predicted molar refractivity (Wildman–Crippen MR) is 128 cm³/mol. The van der Waals surface area contributed by atoms with Crippen LogP contribution in [0, 0.1) is 11.8 Å². The fraction of sp³-hybridized carbons (Fsp3) is 0.607. The van der Waals surface area contributed by atoms with Gasteiger partial charge in [-0.3, -0.25) is 14.4 Å². The molecule has 2 rings (SSSR count). The number of alkyl halides is 2. The number of ether oxygens (including phenoxy) is 1. The number of ketones is 2. The van der Waals surface area contributed by atoms with E-state index in [9.17, 15) is 23.2 Å². The Morgan fingerprint density at radius 2 is 1.68 bits per heavy atom. The maximum atomic E-state index is 14.0. The van der Waals surface area contributed by atoms with Crippen LogP contribution in [0.15, 0.2) is 42.5 Å². The molecule has 0 radical (unpaired) electrons.